The lowest BCUT2D eigenvalue weighted by molar-refractivity contribution is 0.0784. The van der Waals surface area contributed by atoms with Crippen LogP contribution in [0.5, 0.6) is 5.75 Å². The van der Waals surface area contributed by atoms with Gasteiger partial charge in [0, 0.05) is 25.0 Å². The normalized spacial score (nSPS) is 22.8. The predicted octanol–water partition coefficient (Wildman–Crippen LogP) is 3.04. The summed E-state index contributed by atoms with van der Waals surface area (Å²) in [5.41, 5.74) is 8.18. The van der Waals surface area contributed by atoms with E-state index >= 15 is 0 Å². The molecule has 2 aromatic carbocycles. The minimum atomic E-state index is -0.0362. The number of hydrogen-bond acceptors (Lipinski definition) is 3. The van der Waals surface area contributed by atoms with Gasteiger partial charge in [0.15, 0.2) is 0 Å². The zero-order valence-corrected chi connectivity index (χ0v) is 14.3. The van der Waals surface area contributed by atoms with Crippen LogP contribution in [0.15, 0.2) is 54.6 Å². The molecule has 0 radical (unpaired) electrons. The molecule has 1 aliphatic carbocycles. The number of amides is 1. The van der Waals surface area contributed by atoms with Crippen molar-refractivity contribution in [2.24, 2.45) is 11.7 Å². The molecule has 2 fully saturated rings. The standard InChI is InChI=1S/C21H24N2O2/c22-19-13-23(12-18(19)16-6-2-1-3-7-16)21(24)17-8-4-5-9-20(17)25-14-15-10-11-15/h1-9,15,18-19H,10-14,22H2/t18-,19+/m0/s1. The molecular weight excluding hydrogens is 312 g/mol. The number of hydrogen-bond donors (Lipinski definition) is 1. The highest BCUT2D eigenvalue weighted by molar-refractivity contribution is 5.97. The van der Waals surface area contributed by atoms with Gasteiger partial charge in [-0.15, -0.1) is 0 Å². The van der Waals surface area contributed by atoms with E-state index in [0.717, 1.165) is 0 Å². The van der Waals surface area contributed by atoms with E-state index in [1.807, 2.05) is 47.4 Å². The molecule has 1 saturated carbocycles. The van der Waals surface area contributed by atoms with Crippen LogP contribution in [0.4, 0.5) is 0 Å². The van der Waals surface area contributed by atoms with Crippen molar-refractivity contribution in [2.45, 2.75) is 24.8 Å². The molecule has 4 heteroatoms. The van der Waals surface area contributed by atoms with Gasteiger partial charge in [0.05, 0.1) is 12.2 Å². The first-order valence-corrected chi connectivity index (χ1v) is 9.04. The Labute approximate surface area is 148 Å². The van der Waals surface area contributed by atoms with E-state index < -0.39 is 0 Å². The summed E-state index contributed by atoms with van der Waals surface area (Å²) >= 11 is 0. The number of carbonyl (C=O) groups is 1. The molecule has 2 aliphatic rings. The van der Waals surface area contributed by atoms with Crippen LogP contribution >= 0.6 is 0 Å². The third kappa shape index (κ3) is 3.54. The predicted molar refractivity (Wildman–Crippen MR) is 97.7 cm³/mol. The van der Waals surface area contributed by atoms with E-state index in [1.54, 1.807) is 0 Å². The minimum Gasteiger partial charge on any atom is -0.492 e. The Balaban J connectivity index is 1.49. The van der Waals surface area contributed by atoms with Crippen molar-refractivity contribution in [3.8, 4) is 5.75 Å². The largest absolute Gasteiger partial charge is 0.492 e. The molecule has 1 saturated heterocycles. The average molecular weight is 336 g/mol. The number of rotatable bonds is 5. The molecule has 2 aromatic rings. The summed E-state index contributed by atoms with van der Waals surface area (Å²) in [6, 6.07) is 17.7. The maximum absolute atomic E-state index is 13.0. The lowest BCUT2D eigenvalue weighted by atomic mass is 9.95. The lowest BCUT2D eigenvalue weighted by Gasteiger charge is -2.18. The van der Waals surface area contributed by atoms with Crippen LogP contribution in [-0.4, -0.2) is 36.5 Å². The number of ether oxygens (including phenoxy) is 1. The Bertz CT molecular complexity index is 743. The van der Waals surface area contributed by atoms with Crippen LogP contribution in [0, 0.1) is 5.92 Å². The van der Waals surface area contributed by atoms with E-state index in [-0.39, 0.29) is 17.9 Å². The molecular formula is C21H24N2O2. The fraction of sp³-hybridized carbons (Fsp3) is 0.381. The van der Waals surface area contributed by atoms with Crippen LogP contribution in [-0.2, 0) is 0 Å². The van der Waals surface area contributed by atoms with Crippen molar-refractivity contribution in [3.63, 3.8) is 0 Å². The summed E-state index contributed by atoms with van der Waals surface area (Å²) in [4.78, 5) is 14.9. The monoisotopic (exact) mass is 336 g/mol. The molecule has 2 atom stereocenters. The molecule has 0 unspecified atom stereocenters. The minimum absolute atomic E-state index is 0.0141. The second kappa shape index (κ2) is 6.89. The van der Waals surface area contributed by atoms with Crippen molar-refractivity contribution in [3.05, 3.63) is 65.7 Å². The third-order valence-corrected chi connectivity index (χ3v) is 5.17. The maximum atomic E-state index is 13.0. The van der Waals surface area contributed by atoms with Crippen LogP contribution in [0.3, 0.4) is 0 Å². The van der Waals surface area contributed by atoms with Gasteiger partial charge < -0.3 is 15.4 Å². The summed E-state index contributed by atoms with van der Waals surface area (Å²) < 4.78 is 5.90. The van der Waals surface area contributed by atoms with E-state index in [1.165, 1.54) is 18.4 Å². The number of benzene rings is 2. The Hall–Kier alpha value is -2.33. The van der Waals surface area contributed by atoms with Gasteiger partial charge in [-0.3, -0.25) is 4.79 Å². The molecule has 4 rings (SSSR count). The maximum Gasteiger partial charge on any atom is 0.257 e. The summed E-state index contributed by atoms with van der Waals surface area (Å²) in [5, 5.41) is 0. The molecule has 1 heterocycles. The Kier molecular flexibility index (Phi) is 4.45. The molecule has 1 aliphatic heterocycles. The Morgan fingerprint density at radius 3 is 2.52 bits per heavy atom. The van der Waals surface area contributed by atoms with Gasteiger partial charge in [0.25, 0.3) is 5.91 Å². The van der Waals surface area contributed by atoms with Gasteiger partial charge in [-0.2, -0.15) is 0 Å². The Morgan fingerprint density at radius 2 is 1.76 bits per heavy atom. The fourth-order valence-electron chi connectivity index (χ4n) is 3.48. The number of likely N-dealkylation sites (tertiary alicyclic amines) is 1. The summed E-state index contributed by atoms with van der Waals surface area (Å²) in [6.45, 7) is 1.94. The van der Waals surface area contributed by atoms with E-state index in [4.69, 9.17) is 10.5 Å². The summed E-state index contributed by atoms with van der Waals surface area (Å²) in [6.07, 6.45) is 2.46. The van der Waals surface area contributed by atoms with Gasteiger partial charge in [0.1, 0.15) is 5.75 Å². The lowest BCUT2D eigenvalue weighted by Crippen LogP contribution is -2.32. The number of para-hydroxylation sites is 1. The average Bonchev–Trinajstić information content (AvgIpc) is 3.40. The smallest absolute Gasteiger partial charge is 0.257 e. The van der Waals surface area contributed by atoms with Crippen LogP contribution in [0.1, 0.15) is 34.7 Å². The molecule has 25 heavy (non-hydrogen) atoms. The molecule has 0 bridgehead atoms. The highest BCUT2D eigenvalue weighted by Crippen LogP contribution is 2.32. The van der Waals surface area contributed by atoms with E-state index in [0.29, 0.717) is 36.9 Å². The molecule has 4 nitrogen and oxygen atoms in total. The topological polar surface area (TPSA) is 55.6 Å². The highest BCUT2D eigenvalue weighted by Gasteiger charge is 2.35. The fourth-order valence-corrected chi connectivity index (χ4v) is 3.48. The number of nitrogens with two attached hydrogens (primary N) is 1. The zero-order valence-electron chi connectivity index (χ0n) is 14.3. The summed E-state index contributed by atoms with van der Waals surface area (Å²) in [5.74, 6) is 1.55. The van der Waals surface area contributed by atoms with Crippen molar-refractivity contribution in [2.75, 3.05) is 19.7 Å². The van der Waals surface area contributed by atoms with E-state index in [2.05, 4.69) is 12.1 Å². The SMILES string of the molecule is N[C@@H]1CN(C(=O)c2ccccc2OCC2CC2)C[C@H]1c1ccccc1. The van der Waals surface area contributed by atoms with Gasteiger partial charge >= 0.3 is 0 Å². The van der Waals surface area contributed by atoms with Gasteiger partial charge in [-0.1, -0.05) is 42.5 Å². The second-order valence-electron chi connectivity index (χ2n) is 7.14. The third-order valence-electron chi connectivity index (χ3n) is 5.17. The quantitative estimate of drug-likeness (QED) is 0.913. The molecule has 1 amide bonds. The second-order valence-corrected chi connectivity index (χ2v) is 7.14. The van der Waals surface area contributed by atoms with Crippen LogP contribution in [0.2, 0.25) is 0 Å². The first-order chi connectivity index (χ1) is 12.2. The number of nitrogens with zero attached hydrogens (tertiary/aromatic N) is 1. The number of carbonyl (C=O) groups excluding carboxylic acids is 1. The van der Waals surface area contributed by atoms with Crippen molar-refractivity contribution in [1.29, 1.82) is 0 Å². The highest BCUT2D eigenvalue weighted by atomic mass is 16.5. The molecule has 130 valence electrons. The van der Waals surface area contributed by atoms with Crippen LogP contribution < -0.4 is 10.5 Å². The zero-order chi connectivity index (χ0) is 17.2. The Morgan fingerprint density at radius 1 is 1.04 bits per heavy atom. The van der Waals surface area contributed by atoms with Gasteiger partial charge in [-0.05, 0) is 36.5 Å². The van der Waals surface area contributed by atoms with Crippen LogP contribution in [0.25, 0.3) is 0 Å². The molecule has 0 spiro atoms. The van der Waals surface area contributed by atoms with Gasteiger partial charge in [0.2, 0.25) is 0 Å². The first-order valence-electron chi connectivity index (χ1n) is 9.04. The molecule has 0 aromatic heterocycles. The van der Waals surface area contributed by atoms with Crippen molar-refractivity contribution in [1.82, 2.24) is 4.90 Å². The molecule has 2 N–H and O–H groups in total. The summed E-state index contributed by atoms with van der Waals surface area (Å²) in [7, 11) is 0. The van der Waals surface area contributed by atoms with Crippen molar-refractivity contribution >= 4 is 5.91 Å². The van der Waals surface area contributed by atoms with E-state index in [9.17, 15) is 4.79 Å². The first kappa shape index (κ1) is 16.2. The van der Waals surface area contributed by atoms with Gasteiger partial charge in [-0.25, -0.2) is 0 Å². The van der Waals surface area contributed by atoms with Crippen molar-refractivity contribution < 1.29 is 9.53 Å².